The Kier molecular flexibility index (Phi) is 5.13. The van der Waals surface area contributed by atoms with Crippen molar-refractivity contribution in [3.8, 4) is 0 Å². The van der Waals surface area contributed by atoms with E-state index < -0.39 is 10.9 Å². The first-order valence-corrected chi connectivity index (χ1v) is 9.24. The number of rotatable bonds is 5. The largest absolute Gasteiger partial charge is 0.455 e. The number of morpholine rings is 1. The van der Waals surface area contributed by atoms with Gasteiger partial charge in [-0.25, -0.2) is 9.78 Å². The summed E-state index contributed by atoms with van der Waals surface area (Å²) in [6, 6.07) is 8.31. The van der Waals surface area contributed by atoms with Crippen molar-refractivity contribution in [2.24, 2.45) is 0 Å². The second-order valence-electron chi connectivity index (χ2n) is 6.84. The van der Waals surface area contributed by atoms with E-state index >= 15 is 0 Å². The second-order valence-corrected chi connectivity index (χ2v) is 6.84. The molecule has 0 N–H and O–H groups in total. The quantitative estimate of drug-likeness (QED) is 0.371. The molecule has 1 saturated heterocycles. The zero-order valence-electron chi connectivity index (χ0n) is 15.9. The number of carbonyl (C=O) groups is 1. The molecule has 1 fully saturated rings. The molecule has 9 nitrogen and oxygen atoms in total. The van der Waals surface area contributed by atoms with Gasteiger partial charge in [0.15, 0.2) is 0 Å². The number of nitro benzene ring substituents is 1. The van der Waals surface area contributed by atoms with Gasteiger partial charge in [-0.15, -0.1) is 0 Å². The van der Waals surface area contributed by atoms with Crippen molar-refractivity contribution in [3.05, 3.63) is 69.7 Å². The molecule has 0 amide bonds. The molecule has 9 heteroatoms. The van der Waals surface area contributed by atoms with Gasteiger partial charge >= 0.3 is 5.97 Å². The number of imidazole rings is 1. The molecule has 0 aliphatic carbocycles. The molecule has 0 atom stereocenters. The van der Waals surface area contributed by atoms with Gasteiger partial charge in [-0.05, 0) is 30.7 Å². The number of carbonyl (C=O) groups excluding carboxylic acids is 1. The molecule has 2 aromatic heterocycles. The summed E-state index contributed by atoms with van der Waals surface area (Å²) in [6.07, 6.45) is 3.69. The van der Waals surface area contributed by atoms with Gasteiger partial charge in [-0.2, -0.15) is 0 Å². The molecule has 1 aromatic carbocycles. The van der Waals surface area contributed by atoms with Crippen LogP contribution in [0.25, 0.3) is 5.65 Å². The molecule has 1 aliphatic heterocycles. The molecule has 0 radical (unpaired) electrons. The predicted molar refractivity (Wildman–Crippen MR) is 105 cm³/mol. The second kappa shape index (κ2) is 7.88. The molecule has 0 bridgehead atoms. The molecule has 0 unspecified atom stereocenters. The van der Waals surface area contributed by atoms with Crippen molar-refractivity contribution in [1.82, 2.24) is 9.38 Å². The van der Waals surface area contributed by atoms with Gasteiger partial charge in [-0.1, -0.05) is 6.07 Å². The molecule has 0 spiro atoms. The van der Waals surface area contributed by atoms with Crippen LogP contribution in [0.3, 0.4) is 0 Å². The minimum Gasteiger partial charge on any atom is -0.455 e. The zero-order chi connectivity index (χ0) is 20.4. The van der Waals surface area contributed by atoms with Crippen molar-refractivity contribution in [1.29, 1.82) is 0 Å². The number of pyridine rings is 1. The number of ether oxygens (including phenoxy) is 2. The Morgan fingerprint density at radius 2 is 2.03 bits per heavy atom. The van der Waals surface area contributed by atoms with Crippen molar-refractivity contribution in [2.45, 2.75) is 13.5 Å². The Hall–Kier alpha value is -3.46. The van der Waals surface area contributed by atoms with E-state index in [0.29, 0.717) is 32.0 Å². The van der Waals surface area contributed by atoms with Crippen molar-refractivity contribution in [2.75, 3.05) is 31.2 Å². The predicted octanol–water partition coefficient (Wildman–Crippen LogP) is 2.74. The maximum Gasteiger partial charge on any atom is 0.345 e. The highest BCUT2D eigenvalue weighted by Gasteiger charge is 2.24. The monoisotopic (exact) mass is 396 g/mol. The van der Waals surface area contributed by atoms with Crippen LogP contribution >= 0.6 is 0 Å². The van der Waals surface area contributed by atoms with E-state index in [1.165, 1.54) is 12.1 Å². The maximum absolute atomic E-state index is 12.6. The first-order valence-electron chi connectivity index (χ1n) is 9.24. The van der Waals surface area contributed by atoms with E-state index in [9.17, 15) is 14.9 Å². The van der Waals surface area contributed by atoms with Gasteiger partial charge in [0.05, 0.1) is 23.8 Å². The molecule has 4 rings (SSSR count). The van der Waals surface area contributed by atoms with Crippen LogP contribution in [-0.2, 0) is 16.1 Å². The summed E-state index contributed by atoms with van der Waals surface area (Å²) in [4.78, 5) is 29.9. The van der Waals surface area contributed by atoms with Gasteiger partial charge < -0.3 is 18.8 Å². The molecule has 3 aromatic rings. The SMILES string of the molecule is Cc1ccc2nc(COC(=O)c3cc(N4CCOCC4)ccc3[N+](=O)[O-])cn2c1. The first-order chi connectivity index (χ1) is 14.0. The third-order valence-corrected chi connectivity index (χ3v) is 4.77. The van der Waals surface area contributed by atoms with E-state index in [4.69, 9.17) is 9.47 Å². The Morgan fingerprint density at radius 1 is 1.24 bits per heavy atom. The topological polar surface area (TPSA) is 99.2 Å². The number of benzene rings is 1. The average molecular weight is 396 g/mol. The molecule has 1 aliphatic rings. The van der Waals surface area contributed by atoms with Crippen molar-refractivity contribution < 1.29 is 19.2 Å². The Balaban J connectivity index is 1.54. The van der Waals surface area contributed by atoms with Crippen LogP contribution in [0.1, 0.15) is 21.6 Å². The Labute approximate surface area is 166 Å². The number of aromatic nitrogens is 2. The van der Waals surface area contributed by atoms with Gasteiger partial charge in [-0.3, -0.25) is 10.1 Å². The smallest absolute Gasteiger partial charge is 0.345 e. The van der Waals surface area contributed by atoms with E-state index in [0.717, 1.165) is 16.9 Å². The lowest BCUT2D eigenvalue weighted by Gasteiger charge is -2.29. The number of nitro groups is 1. The number of aryl methyl sites for hydroxylation is 1. The fourth-order valence-electron chi connectivity index (χ4n) is 3.31. The van der Waals surface area contributed by atoms with Crippen LogP contribution < -0.4 is 4.90 Å². The number of hydrogen-bond donors (Lipinski definition) is 0. The number of hydrogen-bond acceptors (Lipinski definition) is 7. The number of nitrogens with zero attached hydrogens (tertiary/aromatic N) is 4. The molecule has 150 valence electrons. The zero-order valence-corrected chi connectivity index (χ0v) is 15.9. The van der Waals surface area contributed by atoms with Crippen LogP contribution in [0.15, 0.2) is 42.7 Å². The minimum atomic E-state index is -0.750. The minimum absolute atomic E-state index is 0.0707. The van der Waals surface area contributed by atoms with Crippen molar-refractivity contribution in [3.63, 3.8) is 0 Å². The van der Waals surface area contributed by atoms with Gasteiger partial charge in [0.2, 0.25) is 0 Å². The van der Waals surface area contributed by atoms with E-state index in [1.807, 2.05) is 34.6 Å². The summed E-state index contributed by atoms with van der Waals surface area (Å²) >= 11 is 0. The summed E-state index contributed by atoms with van der Waals surface area (Å²) in [7, 11) is 0. The molecule has 0 saturated carbocycles. The first kappa shape index (κ1) is 18.9. The molecule has 3 heterocycles. The van der Waals surface area contributed by atoms with Gasteiger partial charge in [0.1, 0.15) is 17.8 Å². The average Bonchev–Trinajstić information content (AvgIpc) is 3.14. The standard InChI is InChI=1S/C20H20N4O5/c1-14-2-5-19-21-15(12-23(19)11-14)13-29-20(25)17-10-16(3-4-18(17)24(26)27)22-6-8-28-9-7-22/h2-5,10-12H,6-9,13H2,1H3. The highest BCUT2D eigenvalue weighted by Crippen LogP contribution is 2.26. The molecular weight excluding hydrogens is 376 g/mol. The van der Waals surface area contributed by atoms with Crippen LogP contribution in [0, 0.1) is 17.0 Å². The van der Waals surface area contributed by atoms with Gasteiger partial charge in [0.25, 0.3) is 5.69 Å². The van der Waals surface area contributed by atoms with Gasteiger partial charge in [0, 0.05) is 37.2 Å². The Morgan fingerprint density at radius 3 is 2.79 bits per heavy atom. The highest BCUT2D eigenvalue weighted by molar-refractivity contribution is 5.95. The number of anilines is 1. The van der Waals surface area contributed by atoms with Crippen LogP contribution in [0.2, 0.25) is 0 Å². The maximum atomic E-state index is 12.6. The molecular formula is C20H20N4O5. The van der Waals surface area contributed by atoms with Crippen LogP contribution in [0.5, 0.6) is 0 Å². The summed E-state index contributed by atoms with van der Waals surface area (Å²) in [5, 5.41) is 11.4. The summed E-state index contributed by atoms with van der Waals surface area (Å²) in [5.41, 5.74) is 2.76. The summed E-state index contributed by atoms with van der Waals surface area (Å²) in [6.45, 7) is 4.37. The third kappa shape index (κ3) is 4.04. The highest BCUT2D eigenvalue weighted by atomic mass is 16.6. The number of fused-ring (bicyclic) bond motifs is 1. The fraction of sp³-hybridized carbons (Fsp3) is 0.300. The summed E-state index contributed by atoms with van der Waals surface area (Å²) < 4.78 is 12.5. The van der Waals surface area contributed by atoms with E-state index in [-0.39, 0.29) is 17.9 Å². The lowest BCUT2D eigenvalue weighted by molar-refractivity contribution is -0.385. The fourth-order valence-corrected chi connectivity index (χ4v) is 3.31. The lowest BCUT2D eigenvalue weighted by atomic mass is 10.1. The van der Waals surface area contributed by atoms with Crippen LogP contribution in [-0.4, -0.2) is 46.6 Å². The molecule has 29 heavy (non-hydrogen) atoms. The number of esters is 1. The van der Waals surface area contributed by atoms with E-state index in [2.05, 4.69) is 4.98 Å². The van der Waals surface area contributed by atoms with E-state index in [1.54, 1.807) is 12.3 Å². The Bertz CT molecular complexity index is 1070. The lowest BCUT2D eigenvalue weighted by Crippen LogP contribution is -2.36. The normalized spacial score (nSPS) is 14.2. The summed E-state index contributed by atoms with van der Waals surface area (Å²) in [5.74, 6) is -0.750. The van der Waals surface area contributed by atoms with Crippen molar-refractivity contribution >= 4 is 23.0 Å². The van der Waals surface area contributed by atoms with Crippen LogP contribution in [0.4, 0.5) is 11.4 Å². The third-order valence-electron chi connectivity index (χ3n) is 4.77.